The van der Waals surface area contributed by atoms with Gasteiger partial charge < -0.3 is 15.2 Å². The van der Waals surface area contributed by atoms with Gasteiger partial charge in [-0.1, -0.05) is 12.1 Å². The van der Waals surface area contributed by atoms with Crippen LogP contribution in [0.25, 0.3) is 0 Å². The number of nitrogens with zero attached hydrogens (tertiary/aromatic N) is 3. The Morgan fingerprint density at radius 3 is 2.88 bits per heavy atom. The molecule has 2 heterocycles. The van der Waals surface area contributed by atoms with E-state index in [0.29, 0.717) is 0 Å². The van der Waals surface area contributed by atoms with E-state index in [1.807, 2.05) is 6.92 Å². The van der Waals surface area contributed by atoms with Crippen LogP contribution in [0.1, 0.15) is 55.4 Å². The zero-order chi connectivity index (χ0) is 17.4. The Morgan fingerprint density at radius 1 is 1.28 bits per heavy atom. The van der Waals surface area contributed by atoms with Crippen LogP contribution in [0.3, 0.4) is 0 Å². The number of nitrogens with one attached hydrogen (secondary N) is 2. The Balaban J connectivity index is 1.32. The fourth-order valence-electron chi connectivity index (χ4n) is 3.56. The highest BCUT2D eigenvalue weighted by Crippen LogP contribution is 2.40. The summed E-state index contributed by atoms with van der Waals surface area (Å²) in [6, 6.07) is 6.19. The third-order valence-electron chi connectivity index (χ3n) is 5.03. The lowest BCUT2D eigenvalue weighted by atomic mass is 10.1. The van der Waals surface area contributed by atoms with E-state index < -0.39 is 0 Å². The summed E-state index contributed by atoms with van der Waals surface area (Å²) in [7, 11) is 0. The molecule has 1 unspecified atom stereocenters. The number of aryl methyl sites for hydroxylation is 1. The number of carbonyl (C=O) groups excluding carboxylic acids is 1. The van der Waals surface area contributed by atoms with E-state index in [2.05, 4.69) is 25.4 Å². The fraction of sp³-hybridized carbons (Fsp3) is 0.500. The zero-order valence-corrected chi connectivity index (χ0v) is 14.2. The van der Waals surface area contributed by atoms with Gasteiger partial charge in [0.1, 0.15) is 11.6 Å². The number of benzene rings is 1. The van der Waals surface area contributed by atoms with E-state index in [9.17, 15) is 9.18 Å². The molecule has 2 N–H and O–H groups in total. The maximum Gasteiger partial charge on any atom is 0.315 e. The summed E-state index contributed by atoms with van der Waals surface area (Å²) in [6.07, 6.45) is 4.10. The number of fused-ring (bicyclic) bond motifs is 1. The largest absolute Gasteiger partial charge is 0.335 e. The van der Waals surface area contributed by atoms with E-state index in [1.165, 1.54) is 12.1 Å². The molecule has 1 saturated carbocycles. The number of carbonyl (C=O) groups is 1. The van der Waals surface area contributed by atoms with Gasteiger partial charge in [-0.3, -0.25) is 0 Å². The first-order chi connectivity index (χ1) is 12.1. The van der Waals surface area contributed by atoms with Crippen molar-refractivity contribution in [3.05, 3.63) is 47.3 Å². The Labute approximate surface area is 145 Å². The van der Waals surface area contributed by atoms with Gasteiger partial charge in [0.25, 0.3) is 0 Å². The average molecular weight is 343 g/mol. The summed E-state index contributed by atoms with van der Waals surface area (Å²) in [4.78, 5) is 12.3. The molecule has 2 aliphatic rings. The van der Waals surface area contributed by atoms with Crippen molar-refractivity contribution in [2.75, 3.05) is 0 Å². The minimum Gasteiger partial charge on any atom is -0.335 e. The number of halogens is 1. The maximum absolute atomic E-state index is 13.0. The summed E-state index contributed by atoms with van der Waals surface area (Å²) >= 11 is 0. The smallest absolute Gasteiger partial charge is 0.315 e. The molecule has 2 aromatic rings. The quantitative estimate of drug-likeness (QED) is 0.896. The van der Waals surface area contributed by atoms with Crippen LogP contribution in [0.4, 0.5) is 9.18 Å². The molecule has 1 aromatic carbocycles. The molecule has 0 radical (unpaired) electrons. The van der Waals surface area contributed by atoms with Crippen molar-refractivity contribution >= 4 is 6.03 Å². The van der Waals surface area contributed by atoms with Crippen LogP contribution in [0.5, 0.6) is 0 Å². The van der Waals surface area contributed by atoms with E-state index in [4.69, 9.17) is 0 Å². The summed E-state index contributed by atoms with van der Waals surface area (Å²) in [5, 5.41) is 14.4. The van der Waals surface area contributed by atoms with Crippen LogP contribution in [-0.4, -0.2) is 26.8 Å². The number of aromatic nitrogens is 3. The summed E-state index contributed by atoms with van der Waals surface area (Å²) in [5.74, 6) is 1.85. The molecule has 2 amide bonds. The number of rotatable bonds is 4. The minimum absolute atomic E-state index is 0.102. The van der Waals surface area contributed by atoms with E-state index in [0.717, 1.165) is 49.4 Å². The second-order valence-electron chi connectivity index (χ2n) is 6.92. The molecule has 1 fully saturated rings. The standard InChI is InChI=1S/C18H22FN5O/c1-11(17-23-22-16-4-2-3-9-24(16)17)20-18(25)21-15-10-14(15)12-5-7-13(19)8-6-12/h5-8,11,14-15H,2-4,9-10H2,1H3,(H2,20,21,25)/t11?,14-,15+/m0/s1. The van der Waals surface area contributed by atoms with Gasteiger partial charge >= 0.3 is 6.03 Å². The van der Waals surface area contributed by atoms with Gasteiger partial charge in [-0.05, 0) is 43.9 Å². The van der Waals surface area contributed by atoms with Gasteiger partial charge in [0.15, 0.2) is 5.82 Å². The van der Waals surface area contributed by atoms with E-state index >= 15 is 0 Å². The SMILES string of the molecule is CC(NC(=O)N[C@@H]1C[C@H]1c1ccc(F)cc1)c1nnc2n1CCCC2. The molecular formula is C18H22FN5O. The first kappa shape index (κ1) is 16.1. The molecule has 3 atom stereocenters. The van der Waals surface area contributed by atoms with Crippen molar-refractivity contribution in [3.63, 3.8) is 0 Å². The summed E-state index contributed by atoms with van der Waals surface area (Å²) < 4.78 is 15.1. The maximum atomic E-state index is 13.0. The number of amides is 2. The van der Waals surface area contributed by atoms with Gasteiger partial charge in [0, 0.05) is 24.9 Å². The zero-order valence-electron chi connectivity index (χ0n) is 14.2. The Bertz CT molecular complexity index is 772. The third-order valence-corrected chi connectivity index (χ3v) is 5.03. The average Bonchev–Trinajstić information content (AvgIpc) is 3.21. The predicted octanol–water partition coefficient (Wildman–Crippen LogP) is 2.67. The van der Waals surface area contributed by atoms with Crippen molar-refractivity contribution < 1.29 is 9.18 Å². The topological polar surface area (TPSA) is 71.8 Å². The Kier molecular flexibility index (Phi) is 4.15. The van der Waals surface area contributed by atoms with Crippen molar-refractivity contribution in [1.82, 2.24) is 25.4 Å². The molecular weight excluding hydrogens is 321 g/mol. The molecule has 1 aromatic heterocycles. The highest BCUT2D eigenvalue weighted by molar-refractivity contribution is 5.75. The van der Waals surface area contributed by atoms with Crippen LogP contribution >= 0.6 is 0 Å². The monoisotopic (exact) mass is 343 g/mol. The van der Waals surface area contributed by atoms with Gasteiger partial charge in [-0.2, -0.15) is 0 Å². The second-order valence-corrected chi connectivity index (χ2v) is 6.92. The first-order valence-electron chi connectivity index (χ1n) is 8.86. The van der Waals surface area contributed by atoms with Crippen LogP contribution < -0.4 is 10.6 Å². The molecule has 0 bridgehead atoms. The molecule has 4 rings (SSSR count). The predicted molar refractivity (Wildman–Crippen MR) is 90.6 cm³/mol. The highest BCUT2D eigenvalue weighted by atomic mass is 19.1. The molecule has 7 heteroatoms. The lowest BCUT2D eigenvalue weighted by molar-refractivity contribution is 0.236. The molecule has 25 heavy (non-hydrogen) atoms. The number of hydrogen-bond donors (Lipinski definition) is 2. The number of urea groups is 1. The second kappa shape index (κ2) is 6.46. The highest BCUT2D eigenvalue weighted by Gasteiger charge is 2.39. The molecule has 1 aliphatic carbocycles. The van der Waals surface area contributed by atoms with Crippen molar-refractivity contribution in [3.8, 4) is 0 Å². The van der Waals surface area contributed by atoms with E-state index in [1.54, 1.807) is 12.1 Å². The lowest BCUT2D eigenvalue weighted by Gasteiger charge is -2.19. The lowest BCUT2D eigenvalue weighted by Crippen LogP contribution is -2.39. The first-order valence-corrected chi connectivity index (χ1v) is 8.86. The molecule has 0 saturated heterocycles. The summed E-state index contributed by atoms with van der Waals surface area (Å²) in [6.45, 7) is 2.84. The van der Waals surface area contributed by atoms with Crippen LogP contribution in [-0.2, 0) is 13.0 Å². The summed E-state index contributed by atoms with van der Waals surface area (Å²) in [5.41, 5.74) is 1.06. The number of hydrogen-bond acceptors (Lipinski definition) is 3. The fourth-order valence-corrected chi connectivity index (χ4v) is 3.56. The van der Waals surface area contributed by atoms with Gasteiger partial charge in [-0.25, -0.2) is 9.18 Å². The molecule has 1 aliphatic heterocycles. The molecule has 6 nitrogen and oxygen atoms in total. The normalized spacial score (nSPS) is 22.8. The van der Waals surface area contributed by atoms with Gasteiger partial charge in [-0.15, -0.1) is 10.2 Å². The van der Waals surface area contributed by atoms with Gasteiger partial charge in [0.05, 0.1) is 6.04 Å². The Hall–Kier alpha value is -2.44. The minimum atomic E-state index is -0.239. The van der Waals surface area contributed by atoms with E-state index in [-0.39, 0.29) is 29.8 Å². The van der Waals surface area contributed by atoms with Crippen molar-refractivity contribution in [2.24, 2.45) is 0 Å². The van der Waals surface area contributed by atoms with Crippen molar-refractivity contribution in [1.29, 1.82) is 0 Å². The molecule has 132 valence electrons. The third kappa shape index (κ3) is 3.36. The van der Waals surface area contributed by atoms with Gasteiger partial charge in [0.2, 0.25) is 0 Å². The van der Waals surface area contributed by atoms with Crippen LogP contribution in [0, 0.1) is 5.82 Å². The van der Waals surface area contributed by atoms with Crippen LogP contribution in [0.15, 0.2) is 24.3 Å². The van der Waals surface area contributed by atoms with Crippen molar-refractivity contribution in [2.45, 2.75) is 57.2 Å². The molecule has 0 spiro atoms. The Morgan fingerprint density at radius 2 is 2.08 bits per heavy atom. The van der Waals surface area contributed by atoms with Crippen LogP contribution in [0.2, 0.25) is 0 Å².